The van der Waals surface area contributed by atoms with Crippen molar-refractivity contribution in [2.45, 2.75) is 25.8 Å². The van der Waals surface area contributed by atoms with E-state index in [4.69, 9.17) is 9.47 Å². The zero-order valence-electron chi connectivity index (χ0n) is 13.6. The number of benzene rings is 1. The molecule has 1 aromatic carbocycles. The van der Waals surface area contributed by atoms with E-state index >= 15 is 0 Å². The van der Waals surface area contributed by atoms with Gasteiger partial charge in [0.05, 0.1) is 30.3 Å². The fraction of sp³-hybridized carbons (Fsp3) is 0.375. The SMILES string of the molecule is CCCC1=C(C(=O)OC)C(c2ccc(OC)c(O)c2Br)NC(=O)N1. The Bertz CT molecular complexity index is 702. The lowest BCUT2D eigenvalue weighted by atomic mass is 9.93. The van der Waals surface area contributed by atoms with Crippen LogP contribution in [0.5, 0.6) is 11.5 Å². The van der Waals surface area contributed by atoms with E-state index in [0.717, 1.165) is 6.42 Å². The number of carbonyl (C=O) groups excluding carboxylic acids is 2. The van der Waals surface area contributed by atoms with Crippen molar-refractivity contribution in [1.82, 2.24) is 10.6 Å². The molecule has 8 heteroatoms. The molecule has 2 rings (SSSR count). The monoisotopic (exact) mass is 398 g/mol. The van der Waals surface area contributed by atoms with E-state index in [1.165, 1.54) is 14.2 Å². The first-order valence-electron chi connectivity index (χ1n) is 7.38. The molecule has 3 N–H and O–H groups in total. The number of carbonyl (C=O) groups is 2. The van der Waals surface area contributed by atoms with Crippen LogP contribution in [-0.2, 0) is 9.53 Å². The van der Waals surface area contributed by atoms with Crippen molar-refractivity contribution in [1.29, 1.82) is 0 Å². The predicted octanol–water partition coefficient (Wildman–Crippen LogP) is 2.74. The molecule has 1 aliphatic heterocycles. The number of methoxy groups -OCH3 is 2. The topological polar surface area (TPSA) is 96.9 Å². The molecular formula is C16H19BrN2O5. The Morgan fingerprint density at radius 1 is 1.38 bits per heavy atom. The number of esters is 1. The second-order valence-corrected chi connectivity index (χ2v) is 5.98. The molecule has 2 amide bonds. The van der Waals surface area contributed by atoms with Crippen molar-refractivity contribution in [3.05, 3.63) is 33.4 Å². The average Bonchev–Trinajstić information content (AvgIpc) is 2.56. The molecule has 1 aliphatic rings. The van der Waals surface area contributed by atoms with Gasteiger partial charge in [0.25, 0.3) is 0 Å². The number of rotatable bonds is 5. The third kappa shape index (κ3) is 3.33. The highest BCUT2D eigenvalue weighted by Gasteiger charge is 2.34. The van der Waals surface area contributed by atoms with Gasteiger partial charge in [-0.25, -0.2) is 9.59 Å². The zero-order valence-corrected chi connectivity index (χ0v) is 15.2. The van der Waals surface area contributed by atoms with E-state index in [0.29, 0.717) is 27.7 Å². The summed E-state index contributed by atoms with van der Waals surface area (Å²) in [6.45, 7) is 1.94. The Labute approximate surface area is 148 Å². The normalized spacial score (nSPS) is 17.2. The fourth-order valence-electron chi connectivity index (χ4n) is 2.60. The Kier molecular flexibility index (Phi) is 5.71. The summed E-state index contributed by atoms with van der Waals surface area (Å²) in [7, 11) is 2.72. The van der Waals surface area contributed by atoms with Crippen LogP contribution in [0.3, 0.4) is 0 Å². The zero-order chi connectivity index (χ0) is 17.9. The van der Waals surface area contributed by atoms with E-state index in [9.17, 15) is 14.7 Å². The molecule has 0 radical (unpaired) electrons. The standard InChI is InChI=1S/C16H19BrN2O5/c1-4-5-9-11(15(21)24-3)13(19-16(22)18-9)8-6-7-10(23-2)14(20)12(8)17/h6-7,13,20H,4-5H2,1-3H3,(H2,18,19,22). The van der Waals surface area contributed by atoms with Crippen molar-refractivity contribution in [3.63, 3.8) is 0 Å². The highest BCUT2D eigenvalue weighted by Crippen LogP contribution is 2.41. The number of nitrogens with one attached hydrogen (secondary N) is 2. The highest BCUT2D eigenvalue weighted by atomic mass is 79.9. The molecule has 7 nitrogen and oxygen atoms in total. The van der Waals surface area contributed by atoms with Gasteiger partial charge in [-0.15, -0.1) is 0 Å². The fourth-order valence-corrected chi connectivity index (χ4v) is 3.16. The molecular weight excluding hydrogens is 380 g/mol. The van der Waals surface area contributed by atoms with Gasteiger partial charge in [0.1, 0.15) is 0 Å². The van der Waals surface area contributed by atoms with Gasteiger partial charge in [-0.05, 0) is 34.0 Å². The van der Waals surface area contributed by atoms with Crippen LogP contribution in [-0.4, -0.2) is 31.3 Å². The molecule has 0 saturated carbocycles. The van der Waals surface area contributed by atoms with Crippen LogP contribution in [0.4, 0.5) is 4.79 Å². The molecule has 0 bridgehead atoms. The number of hydrogen-bond donors (Lipinski definition) is 3. The number of ether oxygens (including phenoxy) is 2. The molecule has 0 aliphatic carbocycles. The first kappa shape index (κ1) is 18.1. The number of allylic oxidation sites excluding steroid dienone is 1. The van der Waals surface area contributed by atoms with Crippen molar-refractivity contribution >= 4 is 27.9 Å². The summed E-state index contributed by atoms with van der Waals surface area (Å²) in [6, 6.07) is 2.07. The molecule has 0 aromatic heterocycles. The quantitative estimate of drug-likeness (QED) is 0.662. The molecule has 1 unspecified atom stereocenters. The molecule has 1 atom stereocenters. The summed E-state index contributed by atoms with van der Waals surface area (Å²) < 4.78 is 10.3. The smallest absolute Gasteiger partial charge is 0.337 e. The van der Waals surface area contributed by atoms with Crippen LogP contribution in [0.25, 0.3) is 0 Å². The van der Waals surface area contributed by atoms with Gasteiger partial charge in [0.2, 0.25) is 0 Å². The number of hydrogen-bond acceptors (Lipinski definition) is 5. The molecule has 0 fully saturated rings. The Morgan fingerprint density at radius 3 is 2.67 bits per heavy atom. The maximum Gasteiger partial charge on any atom is 0.337 e. The average molecular weight is 399 g/mol. The van der Waals surface area contributed by atoms with Gasteiger partial charge in [0, 0.05) is 5.70 Å². The lowest BCUT2D eigenvalue weighted by Gasteiger charge is -2.30. The number of halogens is 1. The molecule has 0 saturated heterocycles. The molecule has 1 aromatic rings. The van der Waals surface area contributed by atoms with Crippen molar-refractivity contribution in [2.24, 2.45) is 0 Å². The minimum absolute atomic E-state index is 0.107. The first-order chi connectivity index (χ1) is 11.4. The third-order valence-electron chi connectivity index (χ3n) is 3.70. The summed E-state index contributed by atoms with van der Waals surface area (Å²) in [5.74, 6) is -0.370. The van der Waals surface area contributed by atoms with Crippen molar-refractivity contribution in [3.8, 4) is 11.5 Å². The number of phenols is 1. The van der Waals surface area contributed by atoms with Gasteiger partial charge < -0.3 is 25.2 Å². The first-order valence-corrected chi connectivity index (χ1v) is 8.18. The van der Waals surface area contributed by atoms with Gasteiger partial charge in [-0.1, -0.05) is 19.4 Å². The summed E-state index contributed by atoms with van der Waals surface area (Å²) in [5.41, 5.74) is 1.35. The number of aromatic hydroxyl groups is 1. The van der Waals surface area contributed by atoms with E-state index in [1.54, 1.807) is 12.1 Å². The Hall–Kier alpha value is -2.22. The second-order valence-electron chi connectivity index (χ2n) is 5.18. The van der Waals surface area contributed by atoms with Crippen LogP contribution in [0.1, 0.15) is 31.4 Å². The Morgan fingerprint density at radius 2 is 2.08 bits per heavy atom. The van der Waals surface area contributed by atoms with E-state index < -0.39 is 18.0 Å². The Balaban J connectivity index is 2.61. The van der Waals surface area contributed by atoms with Crippen molar-refractivity contribution in [2.75, 3.05) is 14.2 Å². The number of phenolic OH excluding ortho intramolecular Hbond substituents is 1. The van der Waals surface area contributed by atoms with Crippen LogP contribution < -0.4 is 15.4 Å². The van der Waals surface area contributed by atoms with E-state index in [2.05, 4.69) is 26.6 Å². The van der Waals surface area contributed by atoms with E-state index in [-0.39, 0.29) is 11.5 Å². The summed E-state index contributed by atoms with van der Waals surface area (Å²) >= 11 is 3.31. The summed E-state index contributed by atoms with van der Waals surface area (Å²) in [5, 5.41) is 15.6. The summed E-state index contributed by atoms with van der Waals surface area (Å²) in [6.07, 6.45) is 1.27. The lowest BCUT2D eigenvalue weighted by molar-refractivity contribution is -0.136. The van der Waals surface area contributed by atoms with Crippen LogP contribution in [0.15, 0.2) is 27.9 Å². The van der Waals surface area contributed by atoms with Gasteiger partial charge in [0.15, 0.2) is 11.5 Å². The van der Waals surface area contributed by atoms with E-state index in [1.807, 2.05) is 6.92 Å². The number of urea groups is 1. The maximum atomic E-state index is 12.3. The largest absolute Gasteiger partial charge is 0.503 e. The van der Waals surface area contributed by atoms with Crippen molar-refractivity contribution < 1.29 is 24.2 Å². The lowest BCUT2D eigenvalue weighted by Crippen LogP contribution is -2.46. The van der Waals surface area contributed by atoms with Gasteiger partial charge in [-0.2, -0.15) is 0 Å². The van der Waals surface area contributed by atoms with Crippen LogP contribution in [0, 0.1) is 0 Å². The summed E-state index contributed by atoms with van der Waals surface area (Å²) in [4.78, 5) is 24.3. The minimum Gasteiger partial charge on any atom is -0.503 e. The minimum atomic E-state index is -0.751. The molecule has 24 heavy (non-hydrogen) atoms. The van der Waals surface area contributed by atoms with Gasteiger partial charge in [-0.3, -0.25) is 0 Å². The molecule has 1 heterocycles. The van der Waals surface area contributed by atoms with Crippen LogP contribution in [0.2, 0.25) is 0 Å². The predicted molar refractivity (Wildman–Crippen MR) is 90.7 cm³/mol. The molecule has 0 spiro atoms. The number of amides is 2. The maximum absolute atomic E-state index is 12.3. The highest BCUT2D eigenvalue weighted by molar-refractivity contribution is 9.10. The third-order valence-corrected chi connectivity index (χ3v) is 4.53. The van der Waals surface area contributed by atoms with Crippen LogP contribution >= 0.6 is 15.9 Å². The van der Waals surface area contributed by atoms with Gasteiger partial charge >= 0.3 is 12.0 Å². The molecule has 130 valence electrons. The second kappa shape index (κ2) is 7.57.